The number of alkyl halides is 2. The number of nitrogens with one attached hydrogen (secondary N) is 1. The minimum atomic E-state index is -2.74. The van der Waals surface area contributed by atoms with E-state index in [4.69, 9.17) is 0 Å². The Morgan fingerprint density at radius 3 is 2.59 bits per heavy atom. The van der Waals surface area contributed by atoms with E-state index >= 15 is 0 Å². The molecule has 0 saturated heterocycles. The van der Waals surface area contributed by atoms with E-state index in [9.17, 15) is 8.78 Å². The maximum atomic E-state index is 13.8. The Hall–Kier alpha value is -0.960. The summed E-state index contributed by atoms with van der Waals surface area (Å²) in [4.78, 5) is 0. The fourth-order valence-electron chi connectivity index (χ4n) is 1.74. The summed E-state index contributed by atoms with van der Waals surface area (Å²) in [7, 11) is 1.89. The van der Waals surface area contributed by atoms with Gasteiger partial charge in [-0.3, -0.25) is 0 Å². The maximum absolute atomic E-state index is 13.8. The molecule has 1 aromatic rings. The predicted octanol–water partition coefficient (Wildman–Crippen LogP) is 3.59. The van der Waals surface area contributed by atoms with Crippen LogP contribution in [-0.2, 0) is 12.3 Å². The van der Waals surface area contributed by atoms with Crippen molar-refractivity contribution in [3.05, 3.63) is 35.4 Å². The summed E-state index contributed by atoms with van der Waals surface area (Å²) >= 11 is 0. The highest BCUT2D eigenvalue weighted by atomic mass is 19.3. The van der Waals surface area contributed by atoms with Gasteiger partial charge in [0.05, 0.1) is 0 Å². The van der Waals surface area contributed by atoms with Crippen LogP contribution >= 0.6 is 0 Å². The quantitative estimate of drug-likeness (QED) is 0.750. The van der Waals surface area contributed by atoms with Gasteiger partial charge in [0.1, 0.15) is 0 Å². The Labute approximate surface area is 102 Å². The molecule has 0 bridgehead atoms. The first-order valence-electron chi connectivity index (χ1n) is 6.10. The molecule has 0 aromatic heterocycles. The van der Waals surface area contributed by atoms with Gasteiger partial charge in [-0.25, -0.2) is 8.78 Å². The fraction of sp³-hybridized carbons (Fsp3) is 0.571. The van der Waals surface area contributed by atoms with Gasteiger partial charge in [-0.2, -0.15) is 0 Å². The Morgan fingerprint density at radius 1 is 1.29 bits per heavy atom. The van der Waals surface area contributed by atoms with Crippen molar-refractivity contribution in [1.29, 1.82) is 0 Å². The molecule has 1 N–H and O–H groups in total. The number of benzene rings is 1. The Kier molecular flexibility index (Phi) is 5.06. The molecule has 0 aliphatic heterocycles. The van der Waals surface area contributed by atoms with E-state index in [0.29, 0.717) is 0 Å². The fourth-order valence-corrected chi connectivity index (χ4v) is 1.74. The molecule has 1 nitrogen and oxygen atoms in total. The van der Waals surface area contributed by atoms with E-state index in [1.165, 1.54) is 6.07 Å². The summed E-state index contributed by atoms with van der Waals surface area (Å²) in [6, 6.07) is 6.78. The normalized spacial score (nSPS) is 12.1. The zero-order chi connectivity index (χ0) is 12.9. The molecule has 0 aliphatic rings. The number of hydrogen-bond donors (Lipinski definition) is 1. The third-order valence-electron chi connectivity index (χ3n) is 2.93. The van der Waals surface area contributed by atoms with E-state index in [1.54, 1.807) is 26.0 Å². The second-order valence-electron chi connectivity index (χ2n) is 4.69. The molecule has 3 heteroatoms. The first-order chi connectivity index (χ1) is 7.98. The van der Waals surface area contributed by atoms with Crippen molar-refractivity contribution in [3.8, 4) is 0 Å². The molecule has 0 amide bonds. The highest BCUT2D eigenvalue weighted by Crippen LogP contribution is 2.35. The van der Waals surface area contributed by atoms with E-state index < -0.39 is 11.8 Å². The second-order valence-corrected chi connectivity index (χ2v) is 4.69. The van der Waals surface area contributed by atoms with Gasteiger partial charge in [0.15, 0.2) is 0 Å². The molecule has 0 aliphatic carbocycles. The molecule has 0 atom stereocenters. The second kappa shape index (κ2) is 6.10. The van der Waals surface area contributed by atoms with Crippen molar-refractivity contribution in [2.75, 3.05) is 13.6 Å². The standard InChI is InChI=1S/C14H21F2N/c1-11(2)14(15,16)13-8-4-6-12(10-13)7-5-9-17-3/h4,6,8,10-11,17H,5,7,9H2,1-3H3. The molecule has 17 heavy (non-hydrogen) atoms. The molecule has 0 spiro atoms. The van der Waals surface area contributed by atoms with Crippen molar-refractivity contribution < 1.29 is 8.78 Å². The summed E-state index contributed by atoms with van der Waals surface area (Å²) in [5.74, 6) is -3.41. The molecule has 0 radical (unpaired) electrons. The van der Waals surface area contributed by atoms with Crippen LogP contribution in [-0.4, -0.2) is 13.6 Å². The molecular formula is C14H21F2N. The number of rotatable bonds is 6. The van der Waals surface area contributed by atoms with Crippen LogP contribution in [0.1, 0.15) is 31.4 Å². The van der Waals surface area contributed by atoms with Crippen LogP contribution in [0.3, 0.4) is 0 Å². The zero-order valence-corrected chi connectivity index (χ0v) is 10.8. The molecular weight excluding hydrogens is 220 g/mol. The average Bonchev–Trinajstić information content (AvgIpc) is 2.29. The lowest BCUT2D eigenvalue weighted by Crippen LogP contribution is -2.21. The van der Waals surface area contributed by atoms with Gasteiger partial charge in [0.25, 0.3) is 5.92 Å². The Bertz CT molecular complexity index is 348. The Balaban J connectivity index is 2.78. The lowest BCUT2D eigenvalue weighted by atomic mass is 9.95. The van der Waals surface area contributed by atoms with Gasteiger partial charge in [-0.15, -0.1) is 0 Å². The number of aryl methyl sites for hydroxylation is 1. The van der Waals surface area contributed by atoms with Crippen LogP contribution in [0.5, 0.6) is 0 Å². The molecule has 96 valence electrons. The van der Waals surface area contributed by atoms with Crippen molar-refractivity contribution in [1.82, 2.24) is 5.32 Å². The van der Waals surface area contributed by atoms with Gasteiger partial charge in [0, 0.05) is 11.5 Å². The van der Waals surface area contributed by atoms with E-state index in [2.05, 4.69) is 5.32 Å². The summed E-state index contributed by atoms with van der Waals surface area (Å²) in [6.45, 7) is 4.01. The van der Waals surface area contributed by atoms with E-state index in [-0.39, 0.29) is 5.56 Å². The van der Waals surface area contributed by atoms with Crippen LogP contribution in [0.25, 0.3) is 0 Å². The van der Waals surface area contributed by atoms with Gasteiger partial charge in [-0.1, -0.05) is 32.0 Å². The number of hydrogen-bond acceptors (Lipinski definition) is 1. The minimum Gasteiger partial charge on any atom is -0.320 e. The van der Waals surface area contributed by atoms with E-state index in [1.807, 2.05) is 13.1 Å². The van der Waals surface area contributed by atoms with Gasteiger partial charge < -0.3 is 5.32 Å². The lowest BCUT2D eigenvalue weighted by Gasteiger charge is -2.21. The van der Waals surface area contributed by atoms with Crippen LogP contribution < -0.4 is 5.32 Å². The van der Waals surface area contributed by atoms with Crippen molar-refractivity contribution in [3.63, 3.8) is 0 Å². The van der Waals surface area contributed by atoms with Crippen LogP contribution in [0.2, 0.25) is 0 Å². The summed E-state index contributed by atoms with van der Waals surface area (Å²) < 4.78 is 27.7. The van der Waals surface area contributed by atoms with Crippen molar-refractivity contribution in [2.45, 2.75) is 32.6 Å². The summed E-state index contributed by atoms with van der Waals surface area (Å²) in [5.41, 5.74) is 1.12. The third-order valence-corrected chi connectivity index (χ3v) is 2.93. The molecule has 0 unspecified atom stereocenters. The zero-order valence-electron chi connectivity index (χ0n) is 10.8. The average molecular weight is 241 g/mol. The highest BCUT2D eigenvalue weighted by Gasteiger charge is 2.35. The molecule has 1 rings (SSSR count). The van der Waals surface area contributed by atoms with Gasteiger partial charge in [0.2, 0.25) is 0 Å². The van der Waals surface area contributed by atoms with E-state index in [0.717, 1.165) is 24.9 Å². The van der Waals surface area contributed by atoms with Crippen LogP contribution in [0.4, 0.5) is 8.78 Å². The predicted molar refractivity (Wildman–Crippen MR) is 67.4 cm³/mol. The molecule has 0 heterocycles. The van der Waals surface area contributed by atoms with Crippen LogP contribution in [0, 0.1) is 5.92 Å². The molecule has 0 saturated carbocycles. The topological polar surface area (TPSA) is 12.0 Å². The van der Waals surface area contributed by atoms with Gasteiger partial charge in [-0.05, 0) is 38.1 Å². The highest BCUT2D eigenvalue weighted by molar-refractivity contribution is 5.27. The minimum absolute atomic E-state index is 0.134. The monoisotopic (exact) mass is 241 g/mol. The SMILES string of the molecule is CNCCCc1cccc(C(F)(F)C(C)C)c1. The Morgan fingerprint density at radius 2 is 2.00 bits per heavy atom. The largest absolute Gasteiger partial charge is 0.320 e. The third kappa shape index (κ3) is 3.77. The first kappa shape index (κ1) is 14.1. The van der Waals surface area contributed by atoms with Gasteiger partial charge >= 0.3 is 0 Å². The first-order valence-corrected chi connectivity index (χ1v) is 6.10. The molecule has 1 aromatic carbocycles. The van der Waals surface area contributed by atoms with Crippen LogP contribution in [0.15, 0.2) is 24.3 Å². The van der Waals surface area contributed by atoms with Crippen molar-refractivity contribution >= 4 is 0 Å². The summed E-state index contributed by atoms with van der Waals surface area (Å²) in [5, 5.41) is 3.05. The smallest absolute Gasteiger partial charge is 0.275 e. The maximum Gasteiger partial charge on any atom is 0.275 e. The van der Waals surface area contributed by atoms with Crippen molar-refractivity contribution in [2.24, 2.45) is 5.92 Å². The molecule has 0 fully saturated rings. The number of halogens is 2. The lowest BCUT2D eigenvalue weighted by molar-refractivity contribution is -0.0514. The summed E-state index contributed by atoms with van der Waals surface area (Å²) in [6.07, 6.45) is 1.80.